The highest BCUT2D eigenvalue weighted by atomic mass is 19.1. The fourth-order valence-corrected chi connectivity index (χ4v) is 3.35. The van der Waals surface area contributed by atoms with Crippen LogP contribution >= 0.6 is 0 Å². The molecule has 0 unspecified atom stereocenters. The van der Waals surface area contributed by atoms with Crippen LogP contribution in [-0.2, 0) is 9.59 Å². The van der Waals surface area contributed by atoms with Gasteiger partial charge in [-0.2, -0.15) is 0 Å². The highest BCUT2D eigenvalue weighted by molar-refractivity contribution is 6.46. The summed E-state index contributed by atoms with van der Waals surface area (Å²) in [6.07, 6.45) is 0. The minimum atomic E-state index is -0.559. The third kappa shape index (κ3) is 3.55. The lowest BCUT2D eigenvalue weighted by molar-refractivity contribution is -0.120. The van der Waals surface area contributed by atoms with Crippen LogP contribution in [0.15, 0.2) is 84.6 Å². The Morgan fingerprint density at radius 2 is 1.63 bits per heavy atom. The average Bonchev–Trinajstić information content (AvgIpc) is 3.00. The van der Waals surface area contributed by atoms with Crippen LogP contribution in [0.1, 0.15) is 12.5 Å². The zero-order valence-corrected chi connectivity index (χ0v) is 16.3. The molecule has 3 aromatic carbocycles. The lowest BCUT2D eigenvalue weighted by Crippen LogP contribution is -2.32. The summed E-state index contributed by atoms with van der Waals surface area (Å²) in [4.78, 5) is 27.6. The summed E-state index contributed by atoms with van der Waals surface area (Å²) in [6, 6.07) is 21.5. The van der Waals surface area contributed by atoms with E-state index in [9.17, 15) is 14.0 Å². The van der Waals surface area contributed by atoms with Gasteiger partial charge in [-0.1, -0.05) is 48.5 Å². The number of nitrogens with one attached hydrogen (secondary N) is 1. The second kappa shape index (κ2) is 8.21. The van der Waals surface area contributed by atoms with Crippen molar-refractivity contribution in [3.8, 4) is 5.75 Å². The molecule has 3 aromatic rings. The molecule has 0 fully saturated rings. The third-order valence-electron chi connectivity index (χ3n) is 4.66. The van der Waals surface area contributed by atoms with Gasteiger partial charge in [0.1, 0.15) is 17.3 Å². The SMILES string of the molecule is CCOc1ccccc1NC1=C(c2ccccc2)C(=O)N(c2cccc(F)c2)C1=O. The summed E-state index contributed by atoms with van der Waals surface area (Å²) in [5, 5.41) is 3.09. The number of carbonyl (C=O) groups excluding carboxylic acids is 2. The van der Waals surface area contributed by atoms with Gasteiger partial charge in [0.2, 0.25) is 0 Å². The summed E-state index contributed by atoms with van der Waals surface area (Å²) in [5.74, 6) is -1.05. The van der Waals surface area contributed by atoms with Gasteiger partial charge in [-0.3, -0.25) is 9.59 Å². The van der Waals surface area contributed by atoms with E-state index in [-0.39, 0.29) is 17.0 Å². The average molecular weight is 402 g/mol. The molecule has 150 valence electrons. The number of nitrogens with zero attached hydrogens (tertiary/aromatic N) is 1. The summed E-state index contributed by atoms with van der Waals surface area (Å²) < 4.78 is 19.4. The summed E-state index contributed by atoms with van der Waals surface area (Å²) in [5.41, 5.74) is 1.66. The van der Waals surface area contributed by atoms with Crippen molar-refractivity contribution in [1.82, 2.24) is 0 Å². The molecule has 0 atom stereocenters. The molecule has 1 aliphatic heterocycles. The Morgan fingerprint density at radius 3 is 2.37 bits per heavy atom. The van der Waals surface area contributed by atoms with Crippen LogP contribution in [0.25, 0.3) is 5.57 Å². The molecule has 2 amide bonds. The molecule has 30 heavy (non-hydrogen) atoms. The number of rotatable bonds is 6. The quantitative estimate of drug-likeness (QED) is 0.611. The van der Waals surface area contributed by atoms with Crippen LogP contribution in [0, 0.1) is 5.82 Å². The molecule has 0 bridgehead atoms. The minimum absolute atomic E-state index is 0.114. The first kappa shape index (κ1) is 19.4. The van der Waals surface area contributed by atoms with E-state index < -0.39 is 17.6 Å². The van der Waals surface area contributed by atoms with Gasteiger partial charge in [-0.05, 0) is 42.8 Å². The molecule has 0 radical (unpaired) electrons. The fourth-order valence-electron chi connectivity index (χ4n) is 3.35. The van der Waals surface area contributed by atoms with Crippen LogP contribution in [-0.4, -0.2) is 18.4 Å². The van der Waals surface area contributed by atoms with Crippen molar-refractivity contribution in [2.24, 2.45) is 0 Å². The number of anilines is 2. The largest absolute Gasteiger partial charge is 0.492 e. The van der Waals surface area contributed by atoms with Crippen molar-refractivity contribution in [3.63, 3.8) is 0 Å². The van der Waals surface area contributed by atoms with Gasteiger partial charge >= 0.3 is 0 Å². The lowest BCUT2D eigenvalue weighted by atomic mass is 10.0. The second-order valence-electron chi connectivity index (χ2n) is 6.60. The first-order valence-electron chi connectivity index (χ1n) is 9.53. The van der Waals surface area contributed by atoms with Crippen molar-refractivity contribution in [3.05, 3.63) is 95.9 Å². The summed E-state index contributed by atoms with van der Waals surface area (Å²) in [6.45, 7) is 2.31. The Bertz CT molecular complexity index is 1140. The summed E-state index contributed by atoms with van der Waals surface area (Å²) in [7, 11) is 0. The van der Waals surface area contributed by atoms with Gasteiger partial charge in [-0.25, -0.2) is 9.29 Å². The molecule has 1 heterocycles. The molecule has 0 aromatic heterocycles. The van der Waals surface area contributed by atoms with Crippen LogP contribution in [0.3, 0.4) is 0 Å². The Labute approximate surface area is 173 Å². The molecule has 0 spiro atoms. The Kier molecular flexibility index (Phi) is 5.30. The van der Waals surface area contributed by atoms with Gasteiger partial charge < -0.3 is 10.1 Å². The number of benzene rings is 3. The van der Waals surface area contributed by atoms with E-state index in [1.54, 1.807) is 42.5 Å². The van der Waals surface area contributed by atoms with E-state index in [4.69, 9.17) is 4.74 Å². The van der Waals surface area contributed by atoms with E-state index >= 15 is 0 Å². The maximum atomic E-state index is 13.8. The number of hydrogen-bond donors (Lipinski definition) is 1. The van der Waals surface area contributed by atoms with E-state index in [0.29, 0.717) is 23.6 Å². The monoisotopic (exact) mass is 402 g/mol. The van der Waals surface area contributed by atoms with E-state index in [1.807, 2.05) is 19.1 Å². The highest BCUT2D eigenvalue weighted by Gasteiger charge is 2.40. The standard InChI is InChI=1S/C24H19FN2O3/c1-2-30-20-14-7-6-13-19(20)26-22-21(16-9-4-3-5-10-16)23(28)27(24(22)29)18-12-8-11-17(25)15-18/h3-15,26H,2H2,1H3. The first-order valence-corrected chi connectivity index (χ1v) is 9.53. The van der Waals surface area contributed by atoms with Crippen LogP contribution in [0.2, 0.25) is 0 Å². The topological polar surface area (TPSA) is 58.6 Å². The number of imide groups is 1. The van der Waals surface area contributed by atoms with Crippen molar-refractivity contribution in [1.29, 1.82) is 0 Å². The number of ether oxygens (including phenoxy) is 1. The van der Waals surface area contributed by atoms with Crippen molar-refractivity contribution < 1.29 is 18.7 Å². The predicted octanol–water partition coefficient (Wildman–Crippen LogP) is 4.62. The molecule has 0 saturated carbocycles. The smallest absolute Gasteiger partial charge is 0.282 e. The van der Waals surface area contributed by atoms with Crippen LogP contribution in [0.4, 0.5) is 15.8 Å². The molecule has 0 aliphatic carbocycles. The number of para-hydroxylation sites is 2. The van der Waals surface area contributed by atoms with E-state index in [0.717, 1.165) is 11.0 Å². The Morgan fingerprint density at radius 1 is 0.900 bits per heavy atom. The number of carbonyl (C=O) groups is 2. The molecule has 5 nitrogen and oxygen atoms in total. The third-order valence-corrected chi connectivity index (χ3v) is 4.66. The first-order chi connectivity index (χ1) is 14.6. The fraction of sp³-hybridized carbons (Fsp3) is 0.0833. The van der Waals surface area contributed by atoms with Crippen molar-refractivity contribution >= 4 is 28.8 Å². The molecular weight excluding hydrogens is 383 g/mol. The summed E-state index contributed by atoms with van der Waals surface area (Å²) >= 11 is 0. The molecule has 1 N–H and O–H groups in total. The maximum Gasteiger partial charge on any atom is 0.282 e. The molecule has 1 aliphatic rings. The normalized spacial score (nSPS) is 13.7. The molecular formula is C24H19FN2O3. The van der Waals surface area contributed by atoms with Crippen molar-refractivity contribution in [2.45, 2.75) is 6.92 Å². The number of halogens is 1. The molecule has 0 saturated heterocycles. The Balaban J connectivity index is 1.82. The number of amides is 2. The van der Waals surface area contributed by atoms with Gasteiger partial charge in [-0.15, -0.1) is 0 Å². The Hall–Kier alpha value is -3.93. The van der Waals surface area contributed by atoms with E-state index in [1.165, 1.54) is 18.2 Å². The zero-order chi connectivity index (χ0) is 21.1. The molecule has 4 rings (SSSR count). The second-order valence-corrected chi connectivity index (χ2v) is 6.60. The number of hydrogen-bond acceptors (Lipinski definition) is 4. The molecule has 6 heteroatoms. The van der Waals surface area contributed by atoms with Crippen LogP contribution < -0.4 is 15.0 Å². The van der Waals surface area contributed by atoms with E-state index in [2.05, 4.69) is 5.32 Å². The lowest BCUT2D eigenvalue weighted by Gasteiger charge is -2.16. The van der Waals surface area contributed by atoms with Crippen LogP contribution in [0.5, 0.6) is 5.75 Å². The van der Waals surface area contributed by atoms with Gasteiger partial charge in [0.25, 0.3) is 11.8 Å². The zero-order valence-electron chi connectivity index (χ0n) is 16.3. The van der Waals surface area contributed by atoms with Gasteiger partial charge in [0, 0.05) is 0 Å². The maximum absolute atomic E-state index is 13.8. The van der Waals surface area contributed by atoms with Gasteiger partial charge in [0.05, 0.1) is 23.6 Å². The predicted molar refractivity (Wildman–Crippen MR) is 113 cm³/mol. The minimum Gasteiger partial charge on any atom is -0.492 e. The van der Waals surface area contributed by atoms with Crippen molar-refractivity contribution in [2.75, 3.05) is 16.8 Å². The van der Waals surface area contributed by atoms with Gasteiger partial charge in [0.15, 0.2) is 0 Å². The highest BCUT2D eigenvalue weighted by Crippen LogP contribution is 2.35.